The molecule has 14 heavy (non-hydrogen) atoms. The highest BCUT2D eigenvalue weighted by atomic mass is 16.3. The normalized spacial score (nSPS) is 17.4. The maximum Gasteiger partial charge on any atom is 0.259 e. The first-order chi connectivity index (χ1) is 6.61. The minimum atomic E-state index is -0.595. The maximum atomic E-state index is 11.5. The van der Waals surface area contributed by atoms with E-state index in [1.54, 1.807) is 6.92 Å². The third-order valence-corrected chi connectivity index (χ3v) is 2.00. The van der Waals surface area contributed by atoms with E-state index in [0.29, 0.717) is 5.57 Å². The van der Waals surface area contributed by atoms with Gasteiger partial charge in [-0.1, -0.05) is 12.5 Å². The zero-order chi connectivity index (χ0) is 10.7. The topological polar surface area (TPSA) is 62.0 Å². The van der Waals surface area contributed by atoms with Gasteiger partial charge in [-0.2, -0.15) is 0 Å². The van der Waals surface area contributed by atoms with Gasteiger partial charge in [0.2, 0.25) is 11.6 Å². The number of aliphatic hydroxyl groups excluding tert-OH is 1. The summed E-state index contributed by atoms with van der Waals surface area (Å²) in [5.74, 6) is -0.947. The van der Waals surface area contributed by atoms with Crippen LogP contribution < -0.4 is 0 Å². The summed E-state index contributed by atoms with van der Waals surface area (Å²) in [6.07, 6.45) is 0.0868. The number of aliphatic hydroxyl groups is 1. The van der Waals surface area contributed by atoms with Gasteiger partial charge in [0, 0.05) is 6.42 Å². The van der Waals surface area contributed by atoms with Gasteiger partial charge < -0.3 is 5.11 Å². The molecule has 0 aromatic carbocycles. The number of carbonyl (C=O) groups excluding carboxylic acids is 2. The first kappa shape index (κ1) is 10.4. The van der Waals surface area contributed by atoms with Crippen LogP contribution in [0.4, 0.5) is 0 Å². The summed E-state index contributed by atoms with van der Waals surface area (Å²) in [5, 5.41) is 8.64. The van der Waals surface area contributed by atoms with Crippen LogP contribution in [-0.4, -0.2) is 35.0 Å². The lowest BCUT2D eigenvalue weighted by Gasteiger charge is -2.24. The van der Waals surface area contributed by atoms with Gasteiger partial charge in [0.25, 0.3) is 5.91 Å². The van der Waals surface area contributed by atoms with Crippen molar-refractivity contribution < 1.29 is 14.7 Å². The van der Waals surface area contributed by atoms with Crippen molar-refractivity contribution >= 4 is 11.8 Å². The maximum absolute atomic E-state index is 11.5. The van der Waals surface area contributed by atoms with Gasteiger partial charge in [-0.05, 0) is 0 Å². The van der Waals surface area contributed by atoms with Crippen LogP contribution in [0.25, 0.3) is 4.85 Å². The van der Waals surface area contributed by atoms with E-state index in [1.165, 1.54) is 0 Å². The third kappa shape index (κ3) is 1.65. The number of β-amino-alcohol motifs (C(OH)–C–C–N with tert-alkyl or cyclic N) is 1. The van der Waals surface area contributed by atoms with Crippen molar-refractivity contribution in [2.75, 3.05) is 13.2 Å². The van der Waals surface area contributed by atoms with Crippen LogP contribution in [0.2, 0.25) is 0 Å². The summed E-state index contributed by atoms with van der Waals surface area (Å²) in [7, 11) is 0. The minimum Gasteiger partial charge on any atom is -0.395 e. The molecule has 1 N–H and O–H groups in total. The fourth-order valence-corrected chi connectivity index (χ4v) is 1.30. The molecular weight excluding hydrogens is 184 g/mol. The SMILES string of the molecule is [C-]#[N+]C1=C(C)CC(=O)N(CCO)C1=O. The predicted molar refractivity (Wildman–Crippen MR) is 47.7 cm³/mol. The number of amides is 2. The van der Waals surface area contributed by atoms with Crippen molar-refractivity contribution in [3.63, 3.8) is 0 Å². The van der Waals surface area contributed by atoms with E-state index in [9.17, 15) is 9.59 Å². The Morgan fingerprint density at radius 2 is 2.21 bits per heavy atom. The molecule has 0 aromatic heterocycles. The summed E-state index contributed by atoms with van der Waals surface area (Å²) in [6.45, 7) is 8.07. The van der Waals surface area contributed by atoms with E-state index in [-0.39, 0.29) is 31.2 Å². The highest BCUT2D eigenvalue weighted by Gasteiger charge is 2.31. The number of imide groups is 1. The van der Waals surface area contributed by atoms with Crippen LogP contribution in [0.15, 0.2) is 11.3 Å². The molecule has 0 spiro atoms. The number of carbonyl (C=O) groups is 2. The van der Waals surface area contributed by atoms with Crippen molar-refractivity contribution in [3.05, 3.63) is 22.7 Å². The Morgan fingerprint density at radius 3 is 2.71 bits per heavy atom. The molecule has 1 aliphatic rings. The van der Waals surface area contributed by atoms with Gasteiger partial charge in [-0.3, -0.25) is 14.5 Å². The molecule has 5 nitrogen and oxygen atoms in total. The van der Waals surface area contributed by atoms with Crippen LogP contribution in [0.1, 0.15) is 13.3 Å². The quantitative estimate of drug-likeness (QED) is 0.494. The smallest absolute Gasteiger partial charge is 0.259 e. The van der Waals surface area contributed by atoms with Gasteiger partial charge in [0.05, 0.1) is 19.7 Å². The summed E-state index contributed by atoms with van der Waals surface area (Å²) in [4.78, 5) is 26.8. The third-order valence-electron chi connectivity index (χ3n) is 2.00. The van der Waals surface area contributed by atoms with Crippen molar-refractivity contribution in [1.29, 1.82) is 0 Å². The Bertz CT molecular complexity index is 352. The largest absolute Gasteiger partial charge is 0.395 e. The van der Waals surface area contributed by atoms with Crippen LogP contribution in [0.5, 0.6) is 0 Å². The second-order valence-corrected chi connectivity index (χ2v) is 2.99. The second kappa shape index (κ2) is 4.03. The highest BCUT2D eigenvalue weighted by Crippen LogP contribution is 2.20. The monoisotopic (exact) mass is 194 g/mol. The Kier molecular flexibility index (Phi) is 2.99. The molecule has 0 atom stereocenters. The van der Waals surface area contributed by atoms with E-state index in [4.69, 9.17) is 11.7 Å². The van der Waals surface area contributed by atoms with E-state index in [0.717, 1.165) is 4.90 Å². The number of hydrogen-bond acceptors (Lipinski definition) is 3. The molecule has 1 aliphatic heterocycles. The summed E-state index contributed by atoms with van der Waals surface area (Å²) >= 11 is 0. The minimum absolute atomic E-state index is 0.00181. The van der Waals surface area contributed by atoms with E-state index in [1.807, 2.05) is 0 Å². The number of hydrogen-bond donors (Lipinski definition) is 1. The number of nitrogens with zero attached hydrogens (tertiary/aromatic N) is 2. The Hall–Kier alpha value is -1.67. The van der Waals surface area contributed by atoms with Gasteiger partial charge in [0.15, 0.2) is 0 Å². The molecule has 2 amide bonds. The Morgan fingerprint density at radius 1 is 1.57 bits per heavy atom. The molecule has 1 heterocycles. The molecule has 0 radical (unpaired) electrons. The van der Waals surface area contributed by atoms with E-state index in [2.05, 4.69) is 4.85 Å². The second-order valence-electron chi connectivity index (χ2n) is 2.99. The Balaban J connectivity index is 3.02. The fraction of sp³-hybridized carbons (Fsp3) is 0.444. The molecule has 74 valence electrons. The molecule has 0 unspecified atom stereocenters. The van der Waals surface area contributed by atoms with Crippen LogP contribution in [-0.2, 0) is 9.59 Å². The van der Waals surface area contributed by atoms with Gasteiger partial charge in [0.1, 0.15) is 0 Å². The van der Waals surface area contributed by atoms with Crippen LogP contribution in [0.3, 0.4) is 0 Å². The van der Waals surface area contributed by atoms with Crippen molar-refractivity contribution in [2.45, 2.75) is 13.3 Å². The molecule has 0 saturated heterocycles. The first-order valence-corrected chi connectivity index (χ1v) is 4.14. The standard InChI is InChI=1S/C9H10N2O3/c1-6-5-7(13)11(3-4-12)9(14)8(6)10-2/h12H,3-5H2,1H3. The lowest BCUT2D eigenvalue weighted by molar-refractivity contribution is -0.143. The van der Waals surface area contributed by atoms with Crippen molar-refractivity contribution in [3.8, 4) is 0 Å². The van der Waals surface area contributed by atoms with E-state index < -0.39 is 5.91 Å². The molecule has 0 fully saturated rings. The average Bonchev–Trinajstić information content (AvgIpc) is 2.12. The number of rotatable bonds is 2. The van der Waals surface area contributed by atoms with Crippen molar-refractivity contribution in [2.24, 2.45) is 0 Å². The molecule has 0 saturated carbocycles. The zero-order valence-electron chi connectivity index (χ0n) is 7.78. The molecule has 1 rings (SSSR count). The summed E-state index contributed by atoms with van der Waals surface area (Å²) in [6, 6.07) is 0. The summed E-state index contributed by atoms with van der Waals surface area (Å²) < 4.78 is 0. The van der Waals surface area contributed by atoms with Gasteiger partial charge in [-0.25, -0.2) is 4.85 Å². The summed E-state index contributed by atoms with van der Waals surface area (Å²) in [5.41, 5.74) is 0.502. The Labute approximate surface area is 81.4 Å². The van der Waals surface area contributed by atoms with E-state index >= 15 is 0 Å². The average molecular weight is 194 g/mol. The predicted octanol–water partition coefficient (Wildman–Crippen LogP) is -0.0691. The molecule has 5 heteroatoms. The van der Waals surface area contributed by atoms with Crippen LogP contribution in [0, 0.1) is 6.57 Å². The van der Waals surface area contributed by atoms with Crippen LogP contribution >= 0.6 is 0 Å². The zero-order valence-corrected chi connectivity index (χ0v) is 7.78. The highest BCUT2D eigenvalue weighted by molar-refractivity contribution is 6.09. The first-order valence-electron chi connectivity index (χ1n) is 4.14. The van der Waals surface area contributed by atoms with Gasteiger partial charge in [-0.15, -0.1) is 0 Å². The van der Waals surface area contributed by atoms with Gasteiger partial charge >= 0.3 is 0 Å². The lowest BCUT2D eigenvalue weighted by Crippen LogP contribution is -2.42. The molecule has 0 aromatic rings. The molecule has 0 bridgehead atoms. The molecule has 0 aliphatic carbocycles. The molecular formula is C9H10N2O3. The lowest BCUT2D eigenvalue weighted by atomic mass is 10.1. The van der Waals surface area contributed by atoms with Crippen molar-refractivity contribution in [1.82, 2.24) is 4.90 Å². The fourth-order valence-electron chi connectivity index (χ4n) is 1.30.